The molecule has 0 aromatic heterocycles. The molecule has 86 valence electrons. The average Bonchev–Trinajstić information content (AvgIpc) is 2.20. The number of nitrogens with zero attached hydrogens (tertiary/aromatic N) is 1. The Morgan fingerprint density at radius 1 is 1.67 bits per heavy atom. The van der Waals surface area contributed by atoms with E-state index < -0.39 is 5.97 Å². The second-order valence-electron chi connectivity index (χ2n) is 3.84. The van der Waals surface area contributed by atoms with Gasteiger partial charge < -0.3 is 14.7 Å². The van der Waals surface area contributed by atoms with Crippen LogP contribution in [0.15, 0.2) is 0 Å². The van der Waals surface area contributed by atoms with Gasteiger partial charge in [-0.2, -0.15) is 0 Å². The Bertz CT molecular complexity index is 242. The number of carboxylic acid groups (broad SMARTS) is 1. The topological polar surface area (TPSA) is 66.8 Å². The summed E-state index contributed by atoms with van der Waals surface area (Å²) in [6, 6.07) is 0. The fourth-order valence-corrected chi connectivity index (χ4v) is 1.51. The van der Waals surface area contributed by atoms with Crippen molar-refractivity contribution in [3.05, 3.63) is 0 Å². The van der Waals surface area contributed by atoms with E-state index in [4.69, 9.17) is 9.84 Å². The number of carbonyl (C=O) groups excluding carboxylic acids is 1. The van der Waals surface area contributed by atoms with Crippen molar-refractivity contribution in [2.75, 3.05) is 19.7 Å². The maximum Gasteiger partial charge on any atom is 0.409 e. The molecule has 1 N–H and O–H groups in total. The predicted octanol–water partition coefficient (Wildman–Crippen LogP) is 1.33. The van der Waals surface area contributed by atoms with Gasteiger partial charge in [-0.15, -0.1) is 0 Å². The molecule has 0 spiro atoms. The van der Waals surface area contributed by atoms with Crippen LogP contribution in [0.25, 0.3) is 0 Å². The number of cyclic esters (lactones) is 1. The molecule has 0 aromatic rings. The minimum absolute atomic E-state index is 0.274. The van der Waals surface area contributed by atoms with Crippen molar-refractivity contribution in [2.45, 2.75) is 26.2 Å². The maximum absolute atomic E-state index is 11.2. The van der Waals surface area contributed by atoms with E-state index in [1.807, 2.05) is 0 Å². The molecule has 1 atom stereocenters. The highest BCUT2D eigenvalue weighted by Gasteiger charge is 2.19. The average molecular weight is 215 g/mol. The van der Waals surface area contributed by atoms with Gasteiger partial charge in [-0.1, -0.05) is 6.92 Å². The van der Waals surface area contributed by atoms with E-state index in [1.165, 1.54) is 0 Å². The first-order valence-electron chi connectivity index (χ1n) is 5.25. The SMILES string of the molecule is CC(CCCN1CCCOC1=O)C(=O)O. The van der Waals surface area contributed by atoms with Crippen molar-refractivity contribution < 1.29 is 19.4 Å². The zero-order valence-electron chi connectivity index (χ0n) is 8.94. The largest absolute Gasteiger partial charge is 0.481 e. The van der Waals surface area contributed by atoms with Gasteiger partial charge in [-0.05, 0) is 19.3 Å². The minimum atomic E-state index is -0.781. The zero-order chi connectivity index (χ0) is 11.3. The van der Waals surface area contributed by atoms with E-state index in [0.717, 1.165) is 13.0 Å². The number of hydrogen-bond donors (Lipinski definition) is 1. The zero-order valence-corrected chi connectivity index (χ0v) is 8.94. The number of carbonyl (C=O) groups is 2. The van der Waals surface area contributed by atoms with Crippen LogP contribution in [0.5, 0.6) is 0 Å². The van der Waals surface area contributed by atoms with Crippen molar-refractivity contribution in [1.29, 1.82) is 0 Å². The molecule has 15 heavy (non-hydrogen) atoms. The maximum atomic E-state index is 11.2. The number of rotatable bonds is 5. The molecule has 1 rings (SSSR count). The highest BCUT2D eigenvalue weighted by molar-refractivity contribution is 5.69. The molecule has 5 nitrogen and oxygen atoms in total. The molecule has 0 saturated carbocycles. The van der Waals surface area contributed by atoms with Crippen LogP contribution in [-0.2, 0) is 9.53 Å². The Balaban J connectivity index is 2.19. The summed E-state index contributed by atoms with van der Waals surface area (Å²) in [5.41, 5.74) is 0. The number of aliphatic carboxylic acids is 1. The smallest absolute Gasteiger partial charge is 0.409 e. The second-order valence-corrected chi connectivity index (χ2v) is 3.84. The molecule has 1 amide bonds. The number of ether oxygens (including phenoxy) is 1. The van der Waals surface area contributed by atoms with Crippen molar-refractivity contribution in [3.63, 3.8) is 0 Å². The molecular formula is C10H17NO4. The molecule has 5 heteroatoms. The summed E-state index contributed by atoms with van der Waals surface area (Å²) in [4.78, 5) is 23.4. The van der Waals surface area contributed by atoms with Gasteiger partial charge in [0, 0.05) is 13.1 Å². The van der Waals surface area contributed by atoms with E-state index in [0.29, 0.717) is 26.0 Å². The lowest BCUT2D eigenvalue weighted by Crippen LogP contribution is -2.38. The van der Waals surface area contributed by atoms with Crippen LogP contribution in [0.2, 0.25) is 0 Å². The molecule has 1 aliphatic rings. The first kappa shape index (κ1) is 11.8. The summed E-state index contributed by atoms with van der Waals surface area (Å²) in [7, 11) is 0. The van der Waals surface area contributed by atoms with Crippen molar-refractivity contribution in [1.82, 2.24) is 4.90 Å². The van der Waals surface area contributed by atoms with Gasteiger partial charge in [-0.3, -0.25) is 4.79 Å². The summed E-state index contributed by atoms with van der Waals surface area (Å²) >= 11 is 0. The van der Waals surface area contributed by atoms with Gasteiger partial charge in [0.2, 0.25) is 0 Å². The summed E-state index contributed by atoms with van der Waals surface area (Å²) in [5.74, 6) is -1.12. The van der Waals surface area contributed by atoms with E-state index in [1.54, 1.807) is 11.8 Å². The molecule has 1 heterocycles. The molecule has 1 saturated heterocycles. The standard InChI is InChI=1S/C10H17NO4/c1-8(9(12)13)4-2-5-11-6-3-7-15-10(11)14/h8H,2-7H2,1H3,(H,12,13). The monoisotopic (exact) mass is 215 g/mol. The van der Waals surface area contributed by atoms with Crippen LogP contribution in [0.1, 0.15) is 26.2 Å². The summed E-state index contributed by atoms with van der Waals surface area (Å²) in [6.07, 6.45) is 1.89. The highest BCUT2D eigenvalue weighted by Crippen LogP contribution is 2.10. The van der Waals surface area contributed by atoms with Crippen molar-refractivity contribution in [2.24, 2.45) is 5.92 Å². The molecule has 0 aromatic carbocycles. The third-order valence-corrected chi connectivity index (χ3v) is 2.54. The Kier molecular flexibility index (Phi) is 4.39. The Morgan fingerprint density at radius 3 is 3.00 bits per heavy atom. The molecule has 1 fully saturated rings. The first-order valence-corrected chi connectivity index (χ1v) is 5.25. The summed E-state index contributed by atoms with van der Waals surface area (Å²) in [5, 5.41) is 8.67. The lowest BCUT2D eigenvalue weighted by Gasteiger charge is -2.26. The second kappa shape index (κ2) is 5.58. The first-order chi connectivity index (χ1) is 7.11. The highest BCUT2D eigenvalue weighted by atomic mass is 16.6. The summed E-state index contributed by atoms with van der Waals surface area (Å²) in [6.45, 7) is 3.49. The Morgan fingerprint density at radius 2 is 2.40 bits per heavy atom. The van der Waals surface area contributed by atoms with Crippen LogP contribution in [-0.4, -0.2) is 41.8 Å². The Labute approximate surface area is 89.0 Å². The van der Waals surface area contributed by atoms with Crippen LogP contribution < -0.4 is 0 Å². The van der Waals surface area contributed by atoms with Gasteiger partial charge in [0.15, 0.2) is 0 Å². The summed E-state index contributed by atoms with van der Waals surface area (Å²) < 4.78 is 4.87. The van der Waals surface area contributed by atoms with E-state index >= 15 is 0 Å². The van der Waals surface area contributed by atoms with Crippen molar-refractivity contribution in [3.8, 4) is 0 Å². The normalized spacial score (nSPS) is 18.5. The molecule has 0 radical (unpaired) electrons. The van der Waals surface area contributed by atoms with E-state index in [-0.39, 0.29) is 12.0 Å². The fourth-order valence-electron chi connectivity index (χ4n) is 1.51. The Hall–Kier alpha value is -1.26. The number of amides is 1. The molecular weight excluding hydrogens is 198 g/mol. The van der Waals surface area contributed by atoms with Crippen LogP contribution in [0.4, 0.5) is 4.79 Å². The lowest BCUT2D eigenvalue weighted by molar-refractivity contribution is -0.141. The third-order valence-electron chi connectivity index (χ3n) is 2.54. The quantitative estimate of drug-likeness (QED) is 0.751. The number of carboxylic acids is 1. The lowest BCUT2D eigenvalue weighted by atomic mass is 10.1. The number of hydrogen-bond acceptors (Lipinski definition) is 3. The van der Waals surface area contributed by atoms with Crippen LogP contribution in [0, 0.1) is 5.92 Å². The van der Waals surface area contributed by atoms with Crippen LogP contribution >= 0.6 is 0 Å². The molecule has 0 bridgehead atoms. The van der Waals surface area contributed by atoms with Gasteiger partial charge in [0.25, 0.3) is 0 Å². The molecule has 0 aliphatic carbocycles. The predicted molar refractivity (Wildman–Crippen MR) is 53.6 cm³/mol. The van der Waals surface area contributed by atoms with Gasteiger partial charge in [0.05, 0.1) is 12.5 Å². The van der Waals surface area contributed by atoms with Gasteiger partial charge in [0.1, 0.15) is 0 Å². The van der Waals surface area contributed by atoms with Gasteiger partial charge >= 0.3 is 12.1 Å². The molecule has 1 unspecified atom stereocenters. The molecule has 1 aliphatic heterocycles. The van der Waals surface area contributed by atoms with Crippen molar-refractivity contribution >= 4 is 12.1 Å². The van der Waals surface area contributed by atoms with Gasteiger partial charge in [-0.25, -0.2) is 4.79 Å². The third kappa shape index (κ3) is 3.77. The fraction of sp³-hybridized carbons (Fsp3) is 0.800. The van der Waals surface area contributed by atoms with E-state index in [2.05, 4.69) is 0 Å². The van der Waals surface area contributed by atoms with E-state index in [9.17, 15) is 9.59 Å². The van der Waals surface area contributed by atoms with Crippen LogP contribution in [0.3, 0.4) is 0 Å². The minimum Gasteiger partial charge on any atom is -0.481 e.